The fourth-order valence-corrected chi connectivity index (χ4v) is 5.61. The van der Waals surface area contributed by atoms with E-state index in [9.17, 15) is 9.59 Å². The van der Waals surface area contributed by atoms with Crippen molar-refractivity contribution < 1.29 is 14.3 Å². The lowest BCUT2D eigenvalue weighted by Crippen LogP contribution is -2.52. The molecule has 4 aromatic rings. The summed E-state index contributed by atoms with van der Waals surface area (Å²) in [7, 11) is 0. The van der Waals surface area contributed by atoms with Gasteiger partial charge in [-0.1, -0.05) is 24.3 Å². The smallest absolute Gasteiger partial charge is 0.257 e. The minimum atomic E-state index is -0.546. The van der Waals surface area contributed by atoms with Crippen molar-refractivity contribution in [1.82, 2.24) is 19.7 Å². The van der Waals surface area contributed by atoms with Crippen molar-refractivity contribution in [3.05, 3.63) is 82.7 Å². The summed E-state index contributed by atoms with van der Waals surface area (Å²) in [6.07, 6.45) is 3.23. The highest BCUT2D eigenvalue weighted by Gasteiger charge is 2.44. The molecule has 1 fully saturated rings. The van der Waals surface area contributed by atoms with Crippen LogP contribution >= 0.6 is 0 Å². The Labute approximate surface area is 209 Å². The zero-order valence-corrected chi connectivity index (χ0v) is 20.7. The highest BCUT2D eigenvalue weighted by Crippen LogP contribution is 2.41. The van der Waals surface area contributed by atoms with Crippen LogP contribution in [0.5, 0.6) is 5.75 Å². The number of ketones is 1. The number of Topliss-reactive ketones (excluding diaryl/α,β-unsaturated/α-hetero) is 1. The Hall–Kier alpha value is -4.00. The first kappa shape index (κ1) is 22.5. The number of aryl methyl sites for hydroxylation is 2. The lowest BCUT2D eigenvalue weighted by Gasteiger charge is -2.44. The van der Waals surface area contributed by atoms with Crippen molar-refractivity contribution in [1.29, 1.82) is 0 Å². The third-order valence-corrected chi connectivity index (χ3v) is 7.53. The molecule has 1 spiro atoms. The predicted octanol–water partition coefficient (Wildman–Crippen LogP) is 4.99. The van der Waals surface area contributed by atoms with Crippen LogP contribution in [0, 0.1) is 20.8 Å². The van der Waals surface area contributed by atoms with E-state index < -0.39 is 5.60 Å². The molecule has 0 bridgehead atoms. The summed E-state index contributed by atoms with van der Waals surface area (Å²) in [6, 6.07) is 15.8. The first-order valence-corrected chi connectivity index (χ1v) is 12.4. The normalized spacial score (nSPS) is 16.8. The van der Waals surface area contributed by atoms with Crippen LogP contribution in [-0.2, 0) is 0 Å². The van der Waals surface area contributed by atoms with Crippen molar-refractivity contribution in [2.75, 3.05) is 13.1 Å². The van der Waals surface area contributed by atoms with Gasteiger partial charge in [0.1, 0.15) is 11.4 Å². The zero-order valence-electron chi connectivity index (χ0n) is 20.7. The molecule has 2 aromatic carbocycles. The molecular weight excluding hydrogens is 452 g/mol. The molecule has 7 nitrogen and oxygen atoms in total. The molecule has 36 heavy (non-hydrogen) atoms. The van der Waals surface area contributed by atoms with Gasteiger partial charge in [-0.05, 0) is 56.2 Å². The van der Waals surface area contributed by atoms with Crippen LogP contribution in [0.2, 0.25) is 0 Å². The van der Waals surface area contributed by atoms with E-state index in [4.69, 9.17) is 9.72 Å². The van der Waals surface area contributed by atoms with Crippen LogP contribution in [0.1, 0.15) is 56.8 Å². The summed E-state index contributed by atoms with van der Waals surface area (Å²) in [4.78, 5) is 33.0. The summed E-state index contributed by atoms with van der Waals surface area (Å²) in [5.74, 6) is 1.45. The Bertz CT molecular complexity index is 1530. The number of pyridine rings is 1. The molecule has 2 aromatic heterocycles. The average molecular weight is 481 g/mol. The number of benzene rings is 2. The van der Waals surface area contributed by atoms with E-state index >= 15 is 0 Å². The van der Waals surface area contributed by atoms with Gasteiger partial charge in [0.15, 0.2) is 11.6 Å². The Morgan fingerprint density at radius 3 is 2.61 bits per heavy atom. The van der Waals surface area contributed by atoms with Gasteiger partial charge in [-0.3, -0.25) is 9.59 Å². The monoisotopic (exact) mass is 480 g/mol. The number of amides is 1. The topological polar surface area (TPSA) is 77.3 Å². The number of hydrogen-bond acceptors (Lipinski definition) is 5. The molecule has 1 amide bonds. The van der Waals surface area contributed by atoms with Gasteiger partial charge in [-0.15, -0.1) is 0 Å². The second kappa shape index (κ2) is 8.29. The average Bonchev–Trinajstić information content (AvgIpc) is 3.24. The number of hydrogen-bond donors (Lipinski definition) is 0. The second-order valence-corrected chi connectivity index (χ2v) is 10.0. The van der Waals surface area contributed by atoms with Gasteiger partial charge in [-0.25, -0.2) is 9.67 Å². The lowest BCUT2D eigenvalue weighted by atomic mass is 9.81. The summed E-state index contributed by atoms with van der Waals surface area (Å²) in [5, 5.41) is 5.54. The number of para-hydroxylation sites is 1. The van der Waals surface area contributed by atoms with Gasteiger partial charge in [0.2, 0.25) is 0 Å². The molecule has 1 saturated heterocycles. The molecule has 0 radical (unpaired) electrons. The quantitative estimate of drug-likeness (QED) is 0.404. The third-order valence-electron chi connectivity index (χ3n) is 7.53. The first-order valence-electron chi connectivity index (χ1n) is 12.4. The van der Waals surface area contributed by atoms with Crippen LogP contribution in [0.3, 0.4) is 0 Å². The third kappa shape index (κ3) is 3.66. The fourth-order valence-electron chi connectivity index (χ4n) is 5.61. The van der Waals surface area contributed by atoms with Crippen molar-refractivity contribution >= 4 is 22.6 Å². The van der Waals surface area contributed by atoms with E-state index in [0.717, 1.165) is 27.7 Å². The van der Waals surface area contributed by atoms with Gasteiger partial charge in [0.05, 0.1) is 35.0 Å². The predicted molar refractivity (Wildman–Crippen MR) is 137 cm³/mol. The molecule has 4 heterocycles. The van der Waals surface area contributed by atoms with Crippen LogP contribution in [0.25, 0.3) is 16.7 Å². The molecule has 0 aliphatic carbocycles. The molecule has 182 valence electrons. The molecular formula is C29H28N4O3. The van der Waals surface area contributed by atoms with Crippen molar-refractivity contribution in [2.45, 2.75) is 45.6 Å². The van der Waals surface area contributed by atoms with E-state index in [1.165, 1.54) is 0 Å². The highest BCUT2D eigenvalue weighted by atomic mass is 16.5. The Balaban J connectivity index is 1.20. The van der Waals surface area contributed by atoms with Gasteiger partial charge in [-0.2, -0.15) is 5.10 Å². The van der Waals surface area contributed by atoms with Gasteiger partial charge >= 0.3 is 0 Å². The van der Waals surface area contributed by atoms with E-state index in [1.54, 1.807) is 10.9 Å². The zero-order chi connectivity index (χ0) is 25.0. The summed E-state index contributed by atoms with van der Waals surface area (Å²) >= 11 is 0. The van der Waals surface area contributed by atoms with Crippen LogP contribution in [0.15, 0.2) is 54.7 Å². The molecule has 0 saturated carbocycles. The Kier molecular flexibility index (Phi) is 5.18. The Morgan fingerprint density at radius 2 is 1.81 bits per heavy atom. The maximum atomic E-state index is 13.4. The molecule has 6 rings (SSSR count). The van der Waals surface area contributed by atoms with E-state index in [0.29, 0.717) is 55.0 Å². The number of piperidine rings is 1. The minimum Gasteiger partial charge on any atom is -0.486 e. The SMILES string of the molecule is Cc1cc(C)c2c(c1)OC1(CCN(C(=O)c3cnn(-c4ccc5ccccc5n4)c3C)CC1)CC2=O. The number of carbonyl (C=O) groups is 2. The molecule has 7 heteroatoms. The van der Waals surface area contributed by atoms with Crippen molar-refractivity contribution in [2.24, 2.45) is 0 Å². The fraction of sp³-hybridized carbons (Fsp3) is 0.310. The molecule has 0 atom stereocenters. The maximum Gasteiger partial charge on any atom is 0.257 e. The van der Waals surface area contributed by atoms with Gasteiger partial charge in [0.25, 0.3) is 5.91 Å². The number of carbonyl (C=O) groups excluding carboxylic acids is 2. The first-order chi connectivity index (χ1) is 17.3. The summed E-state index contributed by atoms with van der Waals surface area (Å²) in [6.45, 7) is 6.94. The molecule has 0 N–H and O–H groups in total. The highest BCUT2D eigenvalue weighted by molar-refractivity contribution is 6.02. The van der Waals surface area contributed by atoms with Gasteiger partial charge < -0.3 is 9.64 Å². The largest absolute Gasteiger partial charge is 0.486 e. The number of nitrogens with zero attached hydrogens (tertiary/aromatic N) is 4. The molecule has 2 aliphatic rings. The number of fused-ring (bicyclic) bond motifs is 2. The number of ether oxygens (including phenoxy) is 1. The van der Waals surface area contributed by atoms with Crippen LogP contribution < -0.4 is 4.74 Å². The van der Waals surface area contributed by atoms with E-state index in [2.05, 4.69) is 5.10 Å². The van der Waals surface area contributed by atoms with E-state index in [1.807, 2.05) is 74.2 Å². The molecule has 0 unspecified atom stereocenters. The standard InChI is InChI=1S/C29H28N4O3/c1-18-14-19(2)27-24(34)16-29(36-25(27)15-18)10-12-32(13-11-29)28(35)22-17-30-33(20(22)3)26-9-8-21-6-4-5-7-23(21)31-26/h4-9,14-15,17H,10-13,16H2,1-3H3. The number of likely N-dealkylation sites (tertiary alicyclic amines) is 1. The maximum absolute atomic E-state index is 13.4. The molecule has 2 aliphatic heterocycles. The van der Waals surface area contributed by atoms with Crippen molar-refractivity contribution in [3.63, 3.8) is 0 Å². The summed E-state index contributed by atoms with van der Waals surface area (Å²) in [5.41, 5.74) is 4.41. The van der Waals surface area contributed by atoms with E-state index in [-0.39, 0.29) is 11.7 Å². The summed E-state index contributed by atoms with van der Waals surface area (Å²) < 4.78 is 8.18. The Morgan fingerprint density at radius 1 is 1.03 bits per heavy atom. The lowest BCUT2D eigenvalue weighted by molar-refractivity contribution is -0.00582. The van der Waals surface area contributed by atoms with Crippen LogP contribution in [-0.4, -0.2) is 50.0 Å². The minimum absolute atomic E-state index is 0.0522. The van der Waals surface area contributed by atoms with Gasteiger partial charge in [0, 0.05) is 31.3 Å². The number of rotatable bonds is 2. The second-order valence-electron chi connectivity index (χ2n) is 10.0. The number of aromatic nitrogens is 3. The van der Waals surface area contributed by atoms with Crippen molar-refractivity contribution in [3.8, 4) is 11.6 Å². The van der Waals surface area contributed by atoms with Crippen LogP contribution in [0.4, 0.5) is 0 Å².